The first kappa shape index (κ1) is 28.2. The molecule has 1 N–H and O–H groups in total. The quantitative estimate of drug-likeness (QED) is 0.207. The molecule has 0 saturated heterocycles. The fourth-order valence-electron chi connectivity index (χ4n) is 2.86. The molecule has 0 saturated carbocycles. The maximum atomic E-state index is 12.9. The molecule has 196 valence electrons. The third-order valence-corrected chi connectivity index (χ3v) is 4.45. The van der Waals surface area contributed by atoms with Gasteiger partial charge in [-0.15, -0.1) is 0 Å². The second kappa shape index (κ2) is 12.6. The van der Waals surface area contributed by atoms with Crippen molar-refractivity contribution in [1.29, 1.82) is 0 Å². The molecule has 0 aliphatic heterocycles. The minimum Gasteiger partial charge on any atom is -0.493 e. The smallest absolute Gasteiger partial charge is 0.405 e. The van der Waals surface area contributed by atoms with E-state index in [2.05, 4.69) is 4.74 Å². The van der Waals surface area contributed by atoms with Crippen LogP contribution in [0.25, 0.3) is 11.6 Å². The standard InChI is InChI=1S/C23H22F5NO7/c1-32-16-7-5-14(10-19(16)34-3)15(21(31)35-11-20(30)29-12-23(26,27)28)8-13-4-6-17(36-22(24)25)18(9-13)33-2/h4-10,22H,11-12H2,1-3H3,(H,29,30)/b15-8+. The second-order valence-electron chi connectivity index (χ2n) is 6.88. The van der Waals surface area contributed by atoms with Crippen molar-refractivity contribution < 1.29 is 55.2 Å². The minimum atomic E-state index is -4.64. The van der Waals surface area contributed by atoms with Crippen molar-refractivity contribution in [3.05, 3.63) is 47.5 Å². The molecule has 0 heterocycles. The van der Waals surface area contributed by atoms with Crippen molar-refractivity contribution in [2.45, 2.75) is 12.8 Å². The summed E-state index contributed by atoms with van der Waals surface area (Å²) < 4.78 is 86.8. The Bertz CT molecular complexity index is 1100. The van der Waals surface area contributed by atoms with E-state index in [1.807, 2.05) is 0 Å². The molecule has 0 aliphatic carbocycles. The van der Waals surface area contributed by atoms with Crippen LogP contribution in [0, 0.1) is 0 Å². The third kappa shape index (κ3) is 8.32. The predicted molar refractivity (Wildman–Crippen MR) is 117 cm³/mol. The lowest BCUT2D eigenvalue weighted by atomic mass is 10.0. The van der Waals surface area contributed by atoms with E-state index < -0.39 is 37.8 Å². The summed E-state index contributed by atoms with van der Waals surface area (Å²) >= 11 is 0. The van der Waals surface area contributed by atoms with Gasteiger partial charge in [-0.05, 0) is 41.5 Å². The number of rotatable bonds is 11. The minimum absolute atomic E-state index is 0.0596. The van der Waals surface area contributed by atoms with E-state index in [4.69, 9.17) is 18.9 Å². The lowest BCUT2D eigenvalue weighted by Gasteiger charge is -2.14. The number of carbonyl (C=O) groups excluding carboxylic acids is 2. The van der Waals surface area contributed by atoms with Crippen LogP contribution in [0.1, 0.15) is 11.1 Å². The Morgan fingerprint density at radius 2 is 1.53 bits per heavy atom. The maximum absolute atomic E-state index is 12.9. The first-order chi connectivity index (χ1) is 17.0. The monoisotopic (exact) mass is 519 g/mol. The van der Waals surface area contributed by atoms with Gasteiger partial charge in [-0.3, -0.25) is 4.79 Å². The zero-order chi connectivity index (χ0) is 26.9. The average Bonchev–Trinajstić information content (AvgIpc) is 2.84. The van der Waals surface area contributed by atoms with Crippen LogP contribution in [0.3, 0.4) is 0 Å². The molecule has 13 heteroatoms. The van der Waals surface area contributed by atoms with Gasteiger partial charge in [-0.2, -0.15) is 22.0 Å². The average molecular weight is 519 g/mol. The third-order valence-electron chi connectivity index (χ3n) is 4.45. The highest BCUT2D eigenvalue weighted by Gasteiger charge is 2.28. The molecule has 2 aromatic carbocycles. The van der Waals surface area contributed by atoms with Crippen molar-refractivity contribution in [3.63, 3.8) is 0 Å². The first-order valence-corrected chi connectivity index (χ1v) is 10.0. The predicted octanol–water partition coefficient (Wildman–Crippen LogP) is 4.08. The number of hydrogen-bond acceptors (Lipinski definition) is 7. The summed E-state index contributed by atoms with van der Waals surface area (Å²) in [6, 6.07) is 8.25. The van der Waals surface area contributed by atoms with Crippen LogP contribution in [0.4, 0.5) is 22.0 Å². The summed E-state index contributed by atoms with van der Waals surface area (Å²) in [6.45, 7) is -5.67. The number of hydrogen-bond donors (Lipinski definition) is 1. The number of alkyl halides is 5. The highest BCUT2D eigenvalue weighted by molar-refractivity contribution is 6.22. The van der Waals surface area contributed by atoms with E-state index in [-0.39, 0.29) is 33.9 Å². The lowest BCUT2D eigenvalue weighted by Crippen LogP contribution is -2.36. The van der Waals surface area contributed by atoms with Crippen molar-refractivity contribution >= 4 is 23.5 Å². The van der Waals surface area contributed by atoms with Gasteiger partial charge in [0, 0.05) is 0 Å². The van der Waals surface area contributed by atoms with Crippen LogP contribution in [0.5, 0.6) is 23.0 Å². The lowest BCUT2D eigenvalue weighted by molar-refractivity contribution is -0.147. The van der Waals surface area contributed by atoms with Crippen LogP contribution in [-0.4, -0.2) is 59.1 Å². The van der Waals surface area contributed by atoms with Gasteiger partial charge in [-0.1, -0.05) is 12.1 Å². The number of methoxy groups -OCH3 is 3. The molecular weight excluding hydrogens is 497 g/mol. The highest BCUT2D eigenvalue weighted by atomic mass is 19.4. The Hall–Kier alpha value is -4.03. The largest absolute Gasteiger partial charge is 0.493 e. The SMILES string of the molecule is COc1ccc(/C(=C\c2ccc(OC(F)F)c(OC)c2)C(=O)OCC(=O)NCC(F)(F)F)cc1OC. The zero-order valence-corrected chi connectivity index (χ0v) is 19.3. The molecule has 1 amide bonds. The summed E-state index contributed by atoms with van der Waals surface area (Å²) in [5.74, 6) is -1.94. The molecule has 0 unspecified atom stereocenters. The Kier molecular flexibility index (Phi) is 9.88. The second-order valence-corrected chi connectivity index (χ2v) is 6.88. The number of nitrogens with one attached hydrogen (secondary N) is 1. The summed E-state index contributed by atoms with van der Waals surface area (Å²) in [5, 5.41) is 1.59. The maximum Gasteiger partial charge on any atom is 0.405 e. The number of carbonyl (C=O) groups is 2. The summed E-state index contributed by atoms with van der Waals surface area (Å²) in [6.07, 6.45) is -3.34. The molecule has 0 radical (unpaired) electrons. The molecule has 0 aliphatic rings. The fourth-order valence-corrected chi connectivity index (χ4v) is 2.86. The number of amides is 1. The Morgan fingerprint density at radius 1 is 0.917 bits per heavy atom. The summed E-state index contributed by atoms with van der Waals surface area (Å²) in [4.78, 5) is 24.5. The zero-order valence-electron chi connectivity index (χ0n) is 19.3. The molecule has 2 aromatic rings. The van der Waals surface area contributed by atoms with Crippen LogP contribution >= 0.6 is 0 Å². The van der Waals surface area contributed by atoms with Gasteiger partial charge in [-0.25, -0.2) is 4.79 Å². The molecular formula is C23H22F5NO7. The molecule has 0 aromatic heterocycles. The van der Waals surface area contributed by atoms with Gasteiger partial charge in [0.15, 0.2) is 29.6 Å². The van der Waals surface area contributed by atoms with Crippen LogP contribution in [-0.2, 0) is 14.3 Å². The number of esters is 1. The van der Waals surface area contributed by atoms with Gasteiger partial charge in [0.2, 0.25) is 0 Å². The Labute approximate surface area is 202 Å². The fraction of sp³-hybridized carbons (Fsp3) is 0.304. The van der Waals surface area contributed by atoms with Crippen molar-refractivity contribution in [3.8, 4) is 23.0 Å². The summed E-state index contributed by atoms with van der Waals surface area (Å²) in [7, 11) is 3.99. The van der Waals surface area contributed by atoms with Crippen molar-refractivity contribution in [2.75, 3.05) is 34.5 Å². The van der Waals surface area contributed by atoms with Crippen LogP contribution in [0.2, 0.25) is 0 Å². The Balaban J connectivity index is 2.41. The van der Waals surface area contributed by atoms with Gasteiger partial charge in [0.05, 0.1) is 26.9 Å². The number of benzene rings is 2. The summed E-state index contributed by atoms with van der Waals surface area (Å²) in [5.41, 5.74) is 0.390. The van der Waals surface area contributed by atoms with Crippen LogP contribution < -0.4 is 24.3 Å². The van der Waals surface area contributed by atoms with Crippen LogP contribution in [0.15, 0.2) is 36.4 Å². The Morgan fingerprint density at radius 3 is 2.11 bits per heavy atom. The highest BCUT2D eigenvalue weighted by Crippen LogP contribution is 2.34. The molecule has 0 spiro atoms. The topological polar surface area (TPSA) is 92.3 Å². The van der Waals surface area contributed by atoms with E-state index in [9.17, 15) is 31.5 Å². The van der Waals surface area contributed by atoms with Gasteiger partial charge >= 0.3 is 18.8 Å². The van der Waals surface area contributed by atoms with Crippen molar-refractivity contribution in [2.24, 2.45) is 0 Å². The van der Waals surface area contributed by atoms with E-state index in [1.54, 1.807) is 5.32 Å². The van der Waals surface area contributed by atoms with E-state index in [1.165, 1.54) is 63.8 Å². The van der Waals surface area contributed by atoms with Gasteiger partial charge in [0.1, 0.15) is 6.54 Å². The normalized spacial score (nSPS) is 11.6. The first-order valence-electron chi connectivity index (χ1n) is 10.0. The molecule has 8 nitrogen and oxygen atoms in total. The van der Waals surface area contributed by atoms with E-state index in [0.29, 0.717) is 5.75 Å². The molecule has 36 heavy (non-hydrogen) atoms. The van der Waals surface area contributed by atoms with Gasteiger partial charge < -0.3 is 29.0 Å². The molecule has 2 rings (SSSR count). The van der Waals surface area contributed by atoms with Crippen molar-refractivity contribution in [1.82, 2.24) is 5.32 Å². The molecule has 0 atom stereocenters. The van der Waals surface area contributed by atoms with E-state index in [0.717, 1.165) is 0 Å². The molecule has 0 bridgehead atoms. The van der Waals surface area contributed by atoms with E-state index >= 15 is 0 Å². The number of ether oxygens (including phenoxy) is 5. The molecule has 0 fully saturated rings. The van der Waals surface area contributed by atoms with Gasteiger partial charge in [0.25, 0.3) is 5.91 Å². The number of halogens is 5.